The molecule has 9 heteroatoms. The summed E-state index contributed by atoms with van der Waals surface area (Å²) in [6.45, 7) is 2.00. The van der Waals surface area contributed by atoms with Crippen LogP contribution in [-0.4, -0.2) is 17.7 Å². The summed E-state index contributed by atoms with van der Waals surface area (Å²) >= 11 is 24.4. The van der Waals surface area contributed by atoms with Crippen molar-refractivity contribution in [1.82, 2.24) is 0 Å². The first-order valence-corrected chi connectivity index (χ1v) is 11.0. The molecule has 5 nitrogen and oxygen atoms in total. The van der Waals surface area contributed by atoms with E-state index in [1.54, 1.807) is 0 Å². The molecule has 3 aromatic carbocycles. The van der Waals surface area contributed by atoms with E-state index in [9.17, 15) is 14.4 Å². The van der Waals surface area contributed by atoms with Crippen molar-refractivity contribution in [2.24, 2.45) is 0 Å². The first-order chi connectivity index (χ1) is 15.3. The van der Waals surface area contributed by atoms with Crippen molar-refractivity contribution in [2.75, 3.05) is 10.2 Å². The van der Waals surface area contributed by atoms with Crippen LogP contribution in [-0.2, 0) is 6.42 Å². The second-order valence-electron chi connectivity index (χ2n) is 6.96. The third-order valence-corrected chi connectivity index (χ3v) is 6.94. The minimum atomic E-state index is -0.676. The quantitative estimate of drug-likeness (QED) is 0.237. The molecule has 0 saturated carbocycles. The smallest absolute Gasteiger partial charge is 0.267 e. The topological polar surface area (TPSA) is 66.5 Å². The largest absolute Gasteiger partial charge is 0.322 e. The molecule has 0 atom stereocenters. The number of imide groups is 1. The first-order valence-electron chi connectivity index (χ1n) is 9.50. The fraction of sp³-hybridized carbons (Fsp3) is 0.0870. The van der Waals surface area contributed by atoms with Gasteiger partial charge in [-0.3, -0.25) is 14.4 Å². The van der Waals surface area contributed by atoms with Crippen molar-refractivity contribution < 1.29 is 14.4 Å². The molecule has 0 bridgehead atoms. The Bertz CT molecular complexity index is 1240. The Balaban J connectivity index is 1.63. The fourth-order valence-corrected chi connectivity index (χ4v) is 4.50. The highest BCUT2D eigenvalue weighted by molar-refractivity contribution is 6.56. The molecule has 1 heterocycles. The third-order valence-electron chi connectivity index (χ3n) is 5.14. The SMILES string of the molecule is CCc1ccccc1NC(=O)c1ccc(N2C(=O)c3c(Cl)c(Cl)c(Cl)c(Cl)c3C2=O)cc1. The molecule has 162 valence electrons. The number of para-hydroxylation sites is 1. The van der Waals surface area contributed by atoms with Crippen molar-refractivity contribution in [3.63, 3.8) is 0 Å². The van der Waals surface area contributed by atoms with Gasteiger partial charge in [-0.15, -0.1) is 0 Å². The van der Waals surface area contributed by atoms with Gasteiger partial charge in [0.15, 0.2) is 0 Å². The van der Waals surface area contributed by atoms with Gasteiger partial charge >= 0.3 is 0 Å². The molecule has 4 rings (SSSR count). The lowest BCUT2D eigenvalue weighted by Gasteiger charge is -2.15. The Hall–Kier alpha value is -2.57. The van der Waals surface area contributed by atoms with E-state index in [4.69, 9.17) is 46.4 Å². The highest BCUT2D eigenvalue weighted by Gasteiger charge is 2.42. The molecule has 0 aliphatic carbocycles. The normalized spacial score (nSPS) is 12.8. The van der Waals surface area contributed by atoms with E-state index in [0.717, 1.165) is 22.6 Å². The average Bonchev–Trinajstić information content (AvgIpc) is 3.06. The lowest BCUT2D eigenvalue weighted by Crippen LogP contribution is -2.29. The number of carbonyl (C=O) groups is 3. The van der Waals surface area contributed by atoms with Crippen LogP contribution in [0, 0.1) is 0 Å². The maximum atomic E-state index is 13.0. The van der Waals surface area contributed by atoms with E-state index in [-0.39, 0.29) is 42.8 Å². The average molecular weight is 508 g/mol. The second kappa shape index (κ2) is 8.75. The summed E-state index contributed by atoms with van der Waals surface area (Å²) in [6.07, 6.45) is 0.772. The van der Waals surface area contributed by atoms with E-state index < -0.39 is 11.8 Å². The summed E-state index contributed by atoms with van der Waals surface area (Å²) in [4.78, 5) is 39.5. The predicted molar refractivity (Wildman–Crippen MR) is 128 cm³/mol. The number of carbonyl (C=O) groups excluding carboxylic acids is 3. The van der Waals surface area contributed by atoms with Crippen LogP contribution in [0.2, 0.25) is 20.1 Å². The Morgan fingerprint density at radius 3 is 1.88 bits per heavy atom. The summed E-state index contributed by atoms with van der Waals surface area (Å²) in [6, 6.07) is 13.5. The number of nitrogens with zero attached hydrogens (tertiary/aromatic N) is 1. The minimum absolute atomic E-state index is 0.0977. The van der Waals surface area contributed by atoms with Gasteiger partial charge in [0.2, 0.25) is 0 Å². The van der Waals surface area contributed by atoms with E-state index in [0.29, 0.717) is 5.56 Å². The van der Waals surface area contributed by atoms with Crippen LogP contribution in [0.15, 0.2) is 48.5 Å². The maximum Gasteiger partial charge on any atom is 0.267 e. The van der Waals surface area contributed by atoms with Crippen molar-refractivity contribution in [3.8, 4) is 0 Å². The van der Waals surface area contributed by atoms with Crippen LogP contribution < -0.4 is 10.2 Å². The van der Waals surface area contributed by atoms with Crippen molar-refractivity contribution in [2.45, 2.75) is 13.3 Å². The Morgan fingerprint density at radius 1 is 0.812 bits per heavy atom. The number of aryl methyl sites for hydroxylation is 1. The molecule has 1 aliphatic rings. The molecule has 0 aromatic heterocycles. The van der Waals surface area contributed by atoms with Crippen molar-refractivity contribution >= 4 is 75.5 Å². The van der Waals surface area contributed by atoms with Crippen LogP contribution in [0.5, 0.6) is 0 Å². The van der Waals surface area contributed by atoms with Gasteiger partial charge in [0.1, 0.15) is 0 Å². The van der Waals surface area contributed by atoms with Gasteiger partial charge in [0.05, 0.1) is 36.9 Å². The highest BCUT2D eigenvalue weighted by Crippen LogP contribution is 2.45. The maximum absolute atomic E-state index is 13.0. The molecule has 0 unspecified atom stereocenters. The monoisotopic (exact) mass is 506 g/mol. The number of nitrogens with one attached hydrogen (secondary N) is 1. The van der Waals surface area contributed by atoms with Crippen molar-refractivity contribution in [1.29, 1.82) is 0 Å². The van der Waals surface area contributed by atoms with Crippen molar-refractivity contribution in [3.05, 3.63) is 90.9 Å². The van der Waals surface area contributed by atoms with Gasteiger partial charge in [-0.2, -0.15) is 0 Å². The zero-order valence-electron chi connectivity index (χ0n) is 16.5. The first kappa shape index (κ1) is 22.6. The molecule has 3 amide bonds. The van der Waals surface area contributed by atoms with Crippen LogP contribution >= 0.6 is 46.4 Å². The van der Waals surface area contributed by atoms with Gasteiger partial charge in [-0.05, 0) is 42.3 Å². The van der Waals surface area contributed by atoms with E-state index in [1.807, 2.05) is 31.2 Å². The molecule has 0 radical (unpaired) electrons. The third kappa shape index (κ3) is 3.65. The summed E-state index contributed by atoms with van der Waals surface area (Å²) in [5.41, 5.74) is 2.14. The van der Waals surface area contributed by atoms with E-state index in [1.165, 1.54) is 24.3 Å². The molecular formula is C23H14Cl4N2O3. The molecule has 3 aromatic rings. The van der Waals surface area contributed by atoms with E-state index in [2.05, 4.69) is 5.32 Å². The molecule has 0 saturated heterocycles. The Morgan fingerprint density at radius 2 is 1.34 bits per heavy atom. The van der Waals surface area contributed by atoms with Crippen LogP contribution in [0.3, 0.4) is 0 Å². The Labute approximate surface area is 203 Å². The highest BCUT2D eigenvalue weighted by atomic mass is 35.5. The molecule has 1 aliphatic heterocycles. The van der Waals surface area contributed by atoms with Crippen LogP contribution in [0.4, 0.5) is 11.4 Å². The fourth-order valence-electron chi connectivity index (χ4n) is 3.49. The zero-order chi connectivity index (χ0) is 23.2. The number of rotatable bonds is 4. The summed E-state index contributed by atoms with van der Waals surface area (Å²) in [7, 11) is 0. The molecule has 0 spiro atoms. The van der Waals surface area contributed by atoms with Crippen LogP contribution in [0.25, 0.3) is 0 Å². The molecule has 1 N–H and O–H groups in total. The summed E-state index contributed by atoms with van der Waals surface area (Å²) in [5.74, 6) is -1.67. The minimum Gasteiger partial charge on any atom is -0.322 e. The van der Waals surface area contributed by atoms with Gasteiger partial charge in [0, 0.05) is 11.3 Å². The molecule has 0 fully saturated rings. The van der Waals surface area contributed by atoms with Gasteiger partial charge < -0.3 is 5.32 Å². The number of halogens is 4. The van der Waals surface area contributed by atoms with Gasteiger partial charge in [-0.25, -0.2) is 4.90 Å². The number of hydrogen-bond donors (Lipinski definition) is 1. The predicted octanol–water partition coefficient (Wildman–Crippen LogP) is 6.92. The zero-order valence-corrected chi connectivity index (χ0v) is 19.5. The summed E-state index contributed by atoms with van der Waals surface area (Å²) < 4.78 is 0. The van der Waals surface area contributed by atoms with Gasteiger partial charge in [-0.1, -0.05) is 71.5 Å². The number of fused-ring (bicyclic) bond motifs is 1. The lowest BCUT2D eigenvalue weighted by atomic mass is 10.1. The van der Waals surface area contributed by atoms with Crippen LogP contribution in [0.1, 0.15) is 43.6 Å². The number of hydrogen-bond acceptors (Lipinski definition) is 3. The number of benzene rings is 3. The standard InChI is InChI=1S/C23H14Cl4N2O3/c1-2-11-5-3-4-6-14(11)28-21(30)12-7-9-13(10-8-12)29-22(31)15-16(23(29)32)18(25)20(27)19(26)17(15)24/h3-10H,2H2,1H3,(H,28,30). The van der Waals surface area contributed by atoms with Gasteiger partial charge in [0.25, 0.3) is 17.7 Å². The molecule has 32 heavy (non-hydrogen) atoms. The lowest BCUT2D eigenvalue weighted by molar-refractivity contribution is 0.0925. The van der Waals surface area contributed by atoms with E-state index >= 15 is 0 Å². The number of anilines is 2. The summed E-state index contributed by atoms with van der Waals surface area (Å²) in [5, 5.41) is 2.41. The molecular weight excluding hydrogens is 494 g/mol. The Kier molecular flexibility index (Phi) is 6.19. The number of amides is 3. The second-order valence-corrected chi connectivity index (χ2v) is 8.48.